The molecule has 6 rings (SSSR count). The summed E-state index contributed by atoms with van der Waals surface area (Å²) in [5, 5.41) is 3.36. The van der Waals surface area contributed by atoms with E-state index in [9.17, 15) is 0 Å². The third-order valence-corrected chi connectivity index (χ3v) is 20.3. The molecule has 0 fully saturated rings. The van der Waals surface area contributed by atoms with Crippen LogP contribution in [0.5, 0.6) is 0 Å². The van der Waals surface area contributed by atoms with Crippen molar-refractivity contribution in [3.05, 3.63) is 86.7 Å². The van der Waals surface area contributed by atoms with E-state index in [0.717, 1.165) is 11.9 Å². The van der Waals surface area contributed by atoms with Gasteiger partial charge < -0.3 is 0 Å². The first-order valence-corrected chi connectivity index (χ1v) is 25.6. The van der Waals surface area contributed by atoms with E-state index in [4.69, 9.17) is 4.98 Å². The molecule has 0 radical (unpaired) electrons. The van der Waals surface area contributed by atoms with E-state index in [-0.39, 0.29) is 45.8 Å². The third kappa shape index (κ3) is 6.96. The number of rotatable bonds is 12. The number of hydrogen-bond donors (Lipinski definition) is 0. The third-order valence-electron chi connectivity index (χ3n) is 16.2. The van der Waals surface area contributed by atoms with Gasteiger partial charge in [-0.05, 0) is 170 Å². The van der Waals surface area contributed by atoms with Crippen molar-refractivity contribution in [2.45, 2.75) is 219 Å². The Morgan fingerprint density at radius 3 is 1.59 bits per heavy atom. The molecule has 3 heteroatoms. The molecule has 0 amide bonds. The average molecular weight is 792 g/mol. The molecule has 2 aromatic carbocycles. The highest BCUT2D eigenvalue weighted by atomic mass is 31.1. The molecule has 0 bridgehead atoms. The highest BCUT2D eigenvalue weighted by Crippen LogP contribution is 2.62. The first-order valence-electron chi connectivity index (χ1n) is 22.9. The Labute approximate surface area is 348 Å². The maximum absolute atomic E-state index is 5.54. The van der Waals surface area contributed by atoms with Crippen molar-refractivity contribution in [2.75, 3.05) is 6.16 Å². The van der Waals surface area contributed by atoms with E-state index < -0.39 is 0 Å². The molecule has 0 saturated carbocycles. The Bertz CT molecular complexity index is 1890. The fourth-order valence-electron chi connectivity index (χ4n) is 12.1. The van der Waals surface area contributed by atoms with Gasteiger partial charge in [-0.2, -0.15) is 0 Å². The van der Waals surface area contributed by atoms with Crippen LogP contribution in [-0.2, 0) is 44.1 Å². The Morgan fingerprint density at radius 1 is 0.643 bits per heavy atom. The predicted octanol–water partition coefficient (Wildman–Crippen LogP) is 14.7. The molecular formula is C53H79NP2. The lowest BCUT2D eigenvalue weighted by Crippen LogP contribution is -2.32. The van der Waals surface area contributed by atoms with Crippen LogP contribution in [0.3, 0.4) is 0 Å². The van der Waals surface area contributed by atoms with Crippen LogP contribution in [0.4, 0.5) is 0 Å². The van der Waals surface area contributed by atoms with Crippen molar-refractivity contribution in [1.29, 1.82) is 0 Å². The number of nitrogens with zero attached hydrogens (tertiary/aromatic N) is 1. The minimum absolute atomic E-state index is 0.100. The molecule has 1 aliphatic heterocycles. The molecule has 0 saturated heterocycles. The van der Waals surface area contributed by atoms with Crippen LogP contribution in [0.25, 0.3) is 0 Å². The van der Waals surface area contributed by atoms with Crippen molar-refractivity contribution in [1.82, 2.24) is 4.98 Å². The van der Waals surface area contributed by atoms with E-state index in [1.165, 1.54) is 89.8 Å². The molecule has 3 aliphatic rings. The van der Waals surface area contributed by atoms with Crippen molar-refractivity contribution >= 4 is 32.5 Å². The zero-order chi connectivity index (χ0) is 41.3. The summed E-state index contributed by atoms with van der Waals surface area (Å²) in [5.74, 6) is 2.53. The van der Waals surface area contributed by atoms with Gasteiger partial charge in [0.05, 0.1) is 5.69 Å². The lowest BCUT2D eigenvalue weighted by atomic mass is 9.70. The topological polar surface area (TPSA) is 12.9 Å². The van der Waals surface area contributed by atoms with E-state index in [0.29, 0.717) is 0 Å². The number of hydrogen-bond acceptors (Lipinski definition) is 1. The predicted molar refractivity (Wildman–Crippen MR) is 253 cm³/mol. The van der Waals surface area contributed by atoms with Gasteiger partial charge in [0.2, 0.25) is 0 Å². The van der Waals surface area contributed by atoms with E-state index in [2.05, 4.69) is 153 Å². The molecule has 1 atom stereocenters. The van der Waals surface area contributed by atoms with Crippen LogP contribution in [0.2, 0.25) is 0 Å². The van der Waals surface area contributed by atoms with E-state index in [1.54, 1.807) is 44.0 Å². The monoisotopic (exact) mass is 792 g/mol. The van der Waals surface area contributed by atoms with Crippen LogP contribution < -0.4 is 10.6 Å². The van der Waals surface area contributed by atoms with Gasteiger partial charge >= 0.3 is 0 Å². The highest BCUT2D eigenvalue weighted by molar-refractivity contribution is 7.65. The Morgan fingerprint density at radius 2 is 1.14 bits per heavy atom. The van der Waals surface area contributed by atoms with Gasteiger partial charge in [0.1, 0.15) is 0 Å². The van der Waals surface area contributed by atoms with Crippen molar-refractivity contribution in [2.24, 2.45) is 0 Å². The summed E-state index contributed by atoms with van der Waals surface area (Å²) in [6.07, 6.45) is 14.7. The lowest BCUT2D eigenvalue weighted by Gasteiger charge is -2.35. The number of fused-ring (bicyclic) bond motifs is 3. The fraction of sp³-hybridized carbons (Fsp3) is 0.660. The molecule has 306 valence electrons. The van der Waals surface area contributed by atoms with Crippen LogP contribution in [0.15, 0.2) is 36.4 Å². The molecule has 3 aromatic rings. The number of benzene rings is 2. The van der Waals surface area contributed by atoms with Crippen molar-refractivity contribution in [3.63, 3.8) is 0 Å². The smallest absolute Gasteiger partial charge is 0.0678 e. The largest absolute Gasteiger partial charge is 0.253 e. The van der Waals surface area contributed by atoms with Crippen molar-refractivity contribution < 1.29 is 0 Å². The van der Waals surface area contributed by atoms with Gasteiger partial charge in [0, 0.05) is 17.2 Å². The van der Waals surface area contributed by atoms with Crippen molar-refractivity contribution in [3.8, 4) is 0 Å². The molecular weight excluding hydrogens is 713 g/mol. The molecule has 1 nitrogen and oxygen atoms in total. The number of pyridine rings is 1. The Kier molecular flexibility index (Phi) is 12.0. The SMILES string of the molecule is CCC1(CC)CC(CC)(CC)c2c1cc1c(c2P=Cc2cccc(CP3CC(C)(C)c4cc(C(C)(C)C)cc(C(C)(C)C)c43)n2)C(CC)(CC)CC1(CC)CC. The summed E-state index contributed by atoms with van der Waals surface area (Å²) in [6, 6.07) is 14.9. The molecule has 1 aromatic heterocycles. The zero-order valence-electron chi connectivity index (χ0n) is 38.9. The lowest BCUT2D eigenvalue weighted by molar-refractivity contribution is 0.279. The summed E-state index contributed by atoms with van der Waals surface area (Å²) in [5.41, 5.74) is 15.5. The Balaban J connectivity index is 1.51. The van der Waals surface area contributed by atoms with E-state index >= 15 is 0 Å². The first kappa shape index (κ1) is 43.8. The fourth-order valence-corrected chi connectivity index (χ4v) is 17.0. The summed E-state index contributed by atoms with van der Waals surface area (Å²) >= 11 is 0. The normalized spacial score (nSPS) is 21.4. The van der Waals surface area contributed by atoms with Gasteiger partial charge in [-0.25, -0.2) is 0 Å². The molecule has 0 N–H and O–H groups in total. The standard InChI is InChI=1S/C53H79NP2/c1-17-50(18-2)33-52(21-5,22-6)43-39(50)30-40-44(53(23-7,24-8)34-51(40,19-3)20-4)45(43)55-31-37-26-25-27-38(54-37)32-56-35-49(15,16)42-29-36(47(9,10)11)28-41(46(42)56)48(12,13)14/h25-31H,17-24,32-35H2,1-16H3. The van der Waals surface area contributed by atoms with Gasteiger partial charge in [-0.3, -0.25) is 4.98 Å². The second-order valence-electron chi connectivity index (χ2n) is 21.3. The minimum atomic E-state index is -0.375. The maximum Gasteiger partial charge on any atom is 0.0678 e. The van der Waals surface area contributed by atoms with Crippen LogP contribution >= 0.6 is 16.1 Å². The average Bonchev–Trinajstić information content (AvgIpc) is 3.73. The van der Waals surface area contributed by atoms with Crippen LogP contribution in [0.1, 0.15) is 225 Å². The molecule has 56 heavy (non-hydrogen) atoms. The molecule has 2 heterocycles. The van der Waals surface area contributed by atoms with E-state index in [1.807, 2.05) is 0 Å². The van der Waals surface area contributed by atoms with Gasteiger partial charge in [-0.1, -0.05) is 151 Å². The second-order valence-corrected chi connectivity index (χ2v) is 24.5. The number of aromatic nitrogens is 1. The molecule has 0 spiro atoms. The minimum Gasteiger partial charge on any atom is -0.253 e. The van der Waals surface area contributed by atoms with Gasteiger partial charge in [0.15, 0.2) is 0 Å². The zero-order valence-corrected chi connectivity index (χ0v) is 40.7. The van der Waals surface area contributed by atoms with Gasteiger partial charge in [0.25, 0.3) is 0 Å². The highest BCUT2D eigenvalue weighted by Gasteiger charge is 2.56. The second kappa shape index (κ2) is 15.3. The van der Waals surface area contributed by atoms with Crippen LogP contribution in [0, 0.1) is 0 Å². The summed E-state index contributed by atoms with van der Waals surface area (Å²) in [4.78, 5) is 5.54. The summed E-state index contributed by atoms with van der Waals surface area (Å²) in [7, 11) is 0.974. The summed E-state index contributed by atoms with van der Waals surface area (Å²) in [6.45, 7) is 39.3. The first-order chi connectivity index (χ1) is 26.2. The molecule has 2 aliphatic carbocycles. The van der Waals surface area contributed by atoms with Crippen LogP contribution in [-0.4, -0.2) is 16.9 Å². The maximum atomic E-state index is 5.54. The molecule has 1 unspecified atom stereocenters. The summed E-state index contributed by atoms with van der Waals surface area (Å²) < 4.78 is 0. The van der Waals surface area contributed by atoms with Gasteiger partial charge in [-0.15, -0.1) is 0 Å². The quantitative estimate of drug-likeness (QED) is 0.167. The Hall–Kier alpha value is -1.81.